The summed E-state index contributed by atoms with van der Waals surface area (Å²) in [6, 6.07) is 9.12. The zero-order valence-corrected chi connectivity index (χ0v) is 19.1. The summed E-state index contributed by atoms with van der Waals surface area (Å²) >= 11 is 0. The van der Waals surface area contributed by atoms with Crippen LogP contribution in [0.4, 0.5) is 0 Å². The third kappa shape index (κ3) is 5.86. The van der Waals surface area contributed by atoms with Crippen molar-refractivity contribution in [1.82, 2.24) is 15.2 Å². The van der Waals surface area contributed by atoms with E-state index in [4.69, 9.17) is 15.0 Å². The van der Waals surface area contributed by atoms with E-state index in [-0.39, 0.29) is 12.5 Å². The number of oxime groups is 1. The molecule has 4 rings (SSSR count). The third-order valence-corrected chi connectivity index (χ3v) is 6.73. The van der Waals surface area contributed by atoms with Crippen LogP contribution in [0.5, 0.6) is 0 Å². The highest BCUT2D eigenvalue weighted by atomic mass is 16.6. The molecule has 8 nitrogen and oxygen atoms in total. The molecule has 0 amide bonds. The Kier molecular flexibility index (Phi) is 7.42. The first-order valence-corrected chi connectivity index (χ1v) is 11.8. The van der Waals surface area contributed by atoms with Crippen molar-refractivity contribution >= 4 is 17.9 Å². The van der Waals surface area contributed by atoms with Gasteiger partial charge in [0.25, 0.3) is 0 Å². The summed E-state index contributed by atoms with van der Waals surface area (Å²) < 4.78 is 0. The molecule has 2 fully saturated rings. The van der Waals surface area contributed by atoms with Crippen molar-refractivity contribution in [3.8, 4) is 0 Å². The number of nitrogens with one attached hydrogen (secondary N) is 1. The Balaban J connectivity index is 1.25. The molecule has 0 aliphatic carbocycles. The molecule has 8 heteroatoms. The van der Waals surface area contributed by atoms with Crippen LogP contribution in [0.2, 0.25) is 0 Å². The highest BCUT2D eigenvalue weighted by Crippen LogP contribution is 2.23. The second-order valence-corrected chi connectivity index (χ2v) is 9.41. The molecule has 3 atom stereocenters. The van der Waals surface area contributed by atoms with Gasteiger partial charge in [-0.1, -0.05) is 29.4 Å². The molecule has 0 saturated carbocycles. The summed E-state index contributed by atoms with van der Waals surface area (Å²) in [6.07, 6.45) is 4.99. The van der Waals surface area contributed by atoms with E-state index in [9.17, 15) is 4.79 Å². The molecular formula is C24H35N5O3. The molecule has 3 unspecified atom stereocenters. The van der Waals surface area contributed by atoms with Crippen molar-refractivity contribution in [1.29, 1.82) is 0 Å². The number of hydrazone groups is 1. The normalized spacial score (nSPS) is 27.5. The smallest absolute Gasteiger partial charge is 0.303 e. The van der Waals surface area contributed by atoms with Crippen molar-refractivity contribution in [2.45, 2.75) is 57.7 Å². The molecule has 2 saturated heterocycles. The predicted octanol–water partition coefficient (Wildman–Crippen LogP) is 2.38. The number of likely N-dealkylation sites (tertiary alicyclic amines) is 1. The fourth-order valence-electron chi connectivity index (χ4n) is 4.85. The van der Waals surface area contributed by atoms with E-state index in [2.05, 4.69) is 58.5 Å². The first-order valence-electron chi connectivity index (χ1n) is 11.8. The van der Waals surface area contributed by atoms with Crippen LogP contribution in [0, 0.1) is 5.92 Å². The van der Waals surface area contributed by atoms with Gasteiger partial charge in [-0.2, -0.15) is 5.10 Å². The lowest BCUT2D eigenvalue weighted by atomic mass is 9.93. The van der Waals surface area contributed by atoms with Crippen LogP contribution in [0.25, 0.3) is 0 Å². The van der Waals surface area contributed by atoms with Crippen LogP contribution < -0.4 is 5.32 Å². The van der Waals surface area contributed by atoms with Crippen molar-refractivity contribution in [3.63, 3.8) is 0 Å². The van der Waals surface area contributed by atoms with Gasteiger partial charge in [0.15, 0.2) is 0 Å². The first kappa shape index (κ1) is 22.7. The van der Waals surface area contributed by atoms with Gasteiger partial charge in [0, 0.05) is 32.5 Å². The minimum absolute atomic E-state index is 0.0675. The molecule has 3 aliphatic rings. The van der Waals surface area contributed by atoms with E-state index in [1.165, 1.54) is 0 Å². The van der Waals surface area contributed by atoms with Crippen molar-refractivity contribution < 1.29 is 14.7 Å². The Bertz CT molecular complexity index is 823. The van der Waals surface area contributed by atoms with Crippen LogP contribution in [-0.4, -0.2) is 83.8 Å². The number of rotatable bonds is 7. The van der Waals surface area contributed by atoms with E-state index >= 15 is 0 Å². The van der Waals surface area contributed by atoms with E-state index in [1.54, 1.807) is 0 Å². The zero-order chi connectivity index (χ0) is 22.5. The van der Waals surface area contributed by atoms with Gasteiger partial charge in [0.05, 0.1) is 24.0 Å². The molecule has 32 heavy (non-hydrogen) atoms. The fraction of sp³-hybridized carbons (Fsp3) is 0.625. The molecule has 3 aliphatic heterocycles. The second-order valence-electron chi connectivity index (χ2n) is 9.41. The number of carboxylic acids is 1. The average Bonchev–Trinajstić information content (AvgIpc) is 3.23. The maximum atomic E-state index is 10.9. The van der Waals surface area contributed by atoms with Gasteiger partial charge >= 0.3 is 5.97 Å². The molecule has 174 valence electrons. The standard InChI is InChI=1S/C24H35N5O3/c1-17-13-25-14-18(2)29(17)26-15-20-3-5-21(6-4-20)23-12-22(32-27-23)16-28-9-7-19(8-10-28)11-24(30)31/h3-6,15,17-19,22,25H,7-14,16H2,1-2H3,(H,30,31). The van der Waals surface area contributed by atoms with Gasteiger partial charge in [-0.05, 0) is 56.8 Å². The summed E-state index contributed by atoms with van der Waals surface area (Å²) in [4.78, 5) is 19.0. The van der Waals surface area contributed by atoms with Gasteiger partial charge < -0.3 is 15.3 Å². The predicted molar refractivity (Wildman–Crippen MR) is 125 cm³/mol. The van der Waals surface area contributed by atoms with E-state index < -0.39 is 5.97 Å². The Morgan fingerprint density at radius 2 is 1.91 bits per heavy atom. The number of piperidine rings is 1. The molecule has 0 aromatic heterocycles. The Labute approximate surface area is 190 Å². The maximum Gasteiger partial charge on any atom is 0.303 e. The number of benzene rings is 1. The van der Waals surface area contributed by atoms with Crippen molar-refractivity contribution in [3.05, 3.63) is 35.4 Å². The zero-order valence-electron chi connectivity index (χ0n) is 19.1. The fourth-order valence-corrected chi connectivity index (χ4v) is 4.85. The summed E-state index contributed by atoms with van der Waals surface area (Å²) in [7, 11) is 0. The van der Waals surface area contributed by atoms with Gasteiger partial charge in [-0.15, -0.1) is 0 Å². The van der Waals surface area contributed by atoms with Crippen LogP contribution in [0.15, 0.2) is 34.5 Å². The van der Waals surface area contributed by atoms with Gasteiger partial charge in [0.1, 0.15) is 6.10 Å². The van der Waals surface area contributed by atoms with E-state index in [0.29, 0.717) is 18.0 Å². The number of hydrogen-bond donors (Lipinski definition) is 2. The molecule has 0 radical (unpaired) electrons. The Morgan fingerprint density at radius 1 is 1.22 bits per heavy atom. The van der Waals surface area contributed by atoms with Crippen molar-refractivity contribution in [2.75, 3.05) is 32.7 Å². The highest BCUT2D eigenvalue weighted by Gasteiger charge is 2.28. The van der Waals surface area contributed by atoms with Gasteiger partial charge in [-0.3, -0.25) is 14.7 Å². The van der Waals surface area contributed by atoms with Gasteiger partial charge in [-0.25, -0.2) is 0 Å². The lowest BCUT2D eigenvalue weighted by Gasteiger charge is -2.37. The maximum absolute atomic E-state index is 10.9. The Hall–Kier alpha value is -2.45. The van der Waals surface area contributed by atoms with E-state index in [1.807, 2.05) is 6.21 Å². The van der Waals surface area contributed by atoms with E-state index in [0.717, 1.165) is 68.8 Å². The minimum atomic E-state index is -0.689. The first-order chi connectivity index (χ1) is 15.5. The quantitative estimate of drug-likeness (QED) is 0.632. The molecular weight excluding hydrogens is 406 g/mol. The summed E-state index contributed by atoms with van der Waals surface area (Å²) in [6.45, 7) is 9.02. The minimum Gasteiger partial charge on any atom is -0.481 e. The molecule has 0 spiro atoms. The number of aliphatic carboxylic acids is 1. The van der Waals surface area contributed by atoms with Crippen LogP contribution in [0.3, 0.4) is 0 Å². The van der Waals surface area contributed by atoms with Crippen LogP contribution in [-0.2, 0) is 9.63 Å². The largest absolute Gasteiger partial charge is 0.481 e. The van der Waals surface area contributed by atoms with Crippen LogP contribution in [0.1, 0.15) is 50.7 Å². The number of piperazine rings is 1. The summed E-state index contributed by atoms with van der Waals surface area (Å²) in [5, 5.41) is 23.6. The van der Waals surface area contributed by atoms with Crippen LogP contribution >= 0.6 is 0 Å². The second kappa shape index (κ2) is 10.4. The number of hydrogen-bond acceptors (Lipinski definition) is 7. The highest BCUT2D eigenvalue weighted by molar-refractivity contribution is 6.01. The molecule has 3 heterocycles. The number of carbonyl (C=O) groups is 1. The number of carboxylic acid groups (broad SMARTS) is 1. The lowest BCUT2D eigenvalue weighted by molar-refractivity contribution is -0.138. The lowest BCUT2D eigenvalue weighted by Crippen LogP contribution is -2.52. The average molecular weight is 442 g/mol. The third-order valence-electron chi connectivity index (χ3n) is 6.73. The molecule has 1 aromatic carbocycles. The number of nitrogens with zero attached hydrogens (tertiary/aromatic N) is 4. The summed E-state index contributed by atoms with van der Waals surface area (Å²) in [5.41, 5.74) is 3.16. The topological polar surface area (TPSA) is 89.8 Å². The van der Waals surface area contributed by atoms with Crippen molar-refractivity contribution in [2.24, 2.45) is 16.2 Å². The molecule has 2 N–H and O–H groups in total. The molecule has 0 bridgehead atoms. The SMILES string of the molecule is CC1CNCC(C)N1N=Cc1ccc(C2=NOC(CN3CCC(CC(=O)O)CC3)C2)cc1. The molecule has 1 aromatic rings. The summed E-state index contributed by atoms with van der Waals surface area (Å²) in [5.74, 6) is -0.383. The van der Waals surface area contributed by atoms with Gasteiger partial charge in [0.2, 0.25) is 0 Å². The monoisotopic (exact) mass is 441 g/mol. The Morgan fingerprint density at radius 3 is 2.56 bits per heavy atom.